The summed E-state index contributed by atoms with van der Waals surface area (Å²) in [6.07, 6.45) is 4.33. The summed E-state index contributed by atoms with van der Waals surface area (Å²) in [6, 6.07) is 4.63. The average Bonchev–Trinajstić information content (AvgIpc) is 2.93. The van der Waals surface area contributed by atoms with E-state index in [9.17, 15) is 0 Å². The van der Waals surface area contributed by atoms with Crippen molar-refractivity contribution in [1.29, 1.82) is 0 Å². The van der Waals surface area contributed by atoms with Crippen LogP contribution in [0.2, 0.25) is 0 Å². The molecule has 1 heterocycles. The van der Waals surface area contributed by atoms with Crippen LogP contribution in [0.4, 0.5) is 11.5 Å². The van der Waals surface area contributed by atoms with Gasteiger partial charge < -0.3 is 10.6 Å². The van der Waals surface area contributed by atoms with Crippen molar-refractivity contribution in [1.82, 2.24) is 4.98 Å². The Morgan fingerprint density at radius 2 is 2.31 bits per heavy atom. The highest BCUT2D eigenvalue weighted by Crippen LogP contribution is 2.30. The number of nitrogens with zero attached hydrogens (tertiary/aromatic N) is 2. The monoisotopic (exact) mass is 177 g/mol. The summed E-state index contributed by atoms with van der Waals surface area (Å²) < 4.78 is 0. The molecule has 0 unspecified atom stereocenters. The van der Waals surface area contributed by atoms with Crippen LogP contribution in [0.15, 0.2) is 18.3 Å². The maximum Gasteiger partial charge on any atom is 0.128 e. The Kier molecular flexibility index (Phi) is 2.08. The fraction of sp³-hybridized carbons (Fsp3) is 0.500. The average molecular weight is 177 g/mol. The van der Waals surface area contributed by atoms with E-state index in [0.717, 1.165) is 24.1 Å². The van der Waals surface area contributed by atoms with Crippen molar-refractivity contribution in [3.05, 3.63) is 18.3 Å². The number of hydrogen-bond acceptors (Lipinski definition) is 3. The first-order valence-corrected chi connectivity index (χ1v) is 4.79. The third-order valence-electron chi connectivity index (χ3n) is 2.39. The van der Waals surface area contributed by atoms with Gasteiger partial charge in [0.05, 0.1) is 11.9 Å². The second-order valence-corrected chi connectivity index (χ2v) is 3.47. The van der Waals surface area contributed by atoms with Crippen molar-refractivity contribution in [3.63, 3.8) is 0 Å². The van der Waals surface area contributed by atoms with Gasteiger partial charge in [-0.25, -0.2) is 4.98 Å². The van der Waals surface area contributed by atoms with Gasteiger partial charge in [0, 0.05) is 12.6 Å². The molecular weight excluding hydrogens is 162 g/mol. The van der Waals surface area contributed by atoms with Crippen LogP contribution < -0.4 is 10.6 Å². The Morgan fingerprint density at radius 1 is 1.54 bits per heavy atom. The van der Waals surface area contributed by atoms with Gasteiger partial charge in [0.25, 0.3) is 0 Å². The molecule has 1 saturated carbocycles. The van der Waals surface area contributed by atoms with Gasteiger partial charge in [0.1, 0.15) is 5.82 Å². The van der Waals surface area contributed by atoms with Crippen molar-refractivity contribution < 1.29 is 0 Å². The van der Waals surface area contributed by atoms with E-state index in [1.54, 1.807) is 6.20 Å². The van der Waals surface area contributed by atoms with Gasteiger partial charge in [-0.2, -0.15) is 0 Å². The summed E-state index contributed by atoms with van der Waals surface area (Å²) >= 11 is 0. The number of nitrogens with two attached hydrogens (primary N) is 1. The number of aromatic nitrogens is 1. The first-order valence-electron chi connectivity index (χ1n) is 4.79. The molecule has 3 heteroatoms. The zero-order chi connectivity index (χ0) is 9.26. The topological polar surface area (TPSA) is 42.1 Å². The normalized spacial score (nSPS) is 15.8. The number of pyridine rings is 1. The van der Waals surface area contributed by atoms with E-state index in [1.807, 2.05) is 12.1 Å². The molecule has 0 aliphatic heterocycles. The molecule has 0 radical (unpaired) electrons. The van der Waals surface area contributed by atoms with Gasteiger partial charge in [-0.3, -0.25) is 0 Å². The van der Waals surface area contributed by atoms with Gasteiger partial charge in [-0.15, -0.1) is 0 Å². The third kappa shape index (κ3) is 1.74. The van der Waals surface area contributed by atoms with Crippen molar-refractivity contribution in [2.45, 2.75) is 25.8 Å². The number of hydrogen-bond donors (Lipinski definition) is 1. The van der Waals surface area contributed by atoms with Crippen molar-refractivity contribution in [2.75, 3.05) is 17.2 Å². The number of anilines is 2. The Bertz CT molecular complexity index is 277. The van der Waals surface area contributed by atoms with E-state index in [2.05, 4.69) is 16.8 Å². The molecule has 0 saturated heterocycles. The Balaban J connectivity index is 2.17. The Labute approximate surface area is 78.6 Å². The predicted molar refractivity (Wildman–Crippen MR) is 54.7 cm³/mol. The minimum absolute atomic E-state index is 0.723. The lowest BCUT2D eigenvalue weighted by Crippen LogP contribution is -2.25. The zero-order valence-corrected chi connectivity index (χ0v) is 7.90. The van der Waals surface area contributed by atoms with Gasteiger partial charge in [0.15, 0.2) is 0 Å². The second-order valence-electron chi connectivity index (χ2n) is 3.47. The van der Waals surface area contributed by atoms with Crippen LogP contribution in [0.1, 0.15) is 19.8 Å². The van der Waals surface area contributed by atoms with Gasteiger partial charge in [-0.05, 0) is 31.9 Å². The molecule has 0 atom stereocenters. The molecule has 2 rings (SSSR count). The highest BCUT2D eigenvalue weighted by atomic mass is 15.2. The fourth-order valence-electron chi connectivity index (χ4n) is 1.56. The van der Waals surface area contributed by atoms with E-state index in [1.165, 1.54) is 12.8 Å². The van der Waals surface area contributed by atoms with Crippen molar-refractivity contribution in [3.8, 4) is 0 Å². The van der Waals surface area contributed by atoms with Crippen molar-refractivity contribution >= 4 is 11.5 Å². The second kappa shape index (κ2) is 3.24. The molecule has 1 aliphatic rings. The molecule has 2 N–H and O–H groups in total. The summed E-state index contributed by atoms with van der Waals surface area (Å²) in [5, 5.41) is 0. The summed E-state index contributed by atoms with van der Waals surface area (Å²) in [7, 11) is 0. The van der Waals surface area contributed by atoms with E-state index < -0.39 is 0 Å². The molecule has 1 fully saturated rings. The lowest BCUT2D eigenvalue weighted by molar-refractivity contribution is 0.809. The maximum atomic E-state index is 5.58. The molecule has 0 bridgehead atoms. The van der Waals surface area contributed by atoms with Crippen molar-refractivity contribution in [2.24, 2.45) is 0 Å². The number of nitrogen functional groups attached to an aromatic ring is 1. The molecule has 0 aromatic carbocycles. The van der Waals surface area contributed by atoms with E-state index >= 15 is 0 Å². The van der Waals surface area contributed by atoms with Crippen LogP contribution in [0, 0.1) is 0 Å². The molecule has 0 spiro atoms. The lowest BCUT2D eigenvalue weighted by Gasteiger charge is -2.21. The van der Waals surface area contributed by atoms with E-state index in [4.69, 9.17) is 5.73 Å². The van der Waals surface area contributed by atoms with E-state index in [-0.39, 0.29) is 0 Å². The molecule has 3 nitrogen and oxygen atoms in total. The number of rotatable bonds is 3. The Hall–Kier alpha value is -1.25. The van der Waals surface area contributed by atoms with Crippen LogP contribution in [0.5, 0.6) is 0 Å². The molecule has 70 valence electrons. The van der Waals surface area contributed by atoms with Gasteiger partial charge >= 0.3 is 0 Å². The maximum absolute atomic E-state index is 5.58. The summed E-state index contributed by atoms with van der Waals surface area (Å²) in [6.45, 7) is 3.19. The smallest absolute Gasteiger partial charge is 0.128 e. The molecule has 1 aliphatic carbocycles. The summed E-state index contributed by atoms with van der Waals surface area (Å²) in [5.74, 6) is 1.05. The van der Waals surface area contributed by atoms with Gasteiger partial charge in [0.2, 0.25) is 0 Å². The molecule has 1 aromatic rings. The summed E-state index contributed by atoms with van der Waals surface area (Å²) in [5.41, 5.74) is 6.31. The quantitative estimate of drug-likeness (QED) is 0.763. The van der Waals surface area contributed by atoms with Crippen LogP contribution >= 0.6 is 0 Å². The summed E-state index contributed by atoms with van der Waals surface area (Å²) in [4.78, 5) is 6.64. The first kappa shape index (κ1) is 8.35. The van der Waals surface area contributed by atoms with Crippen LogP contribution in [0.3, 0.4) is 0 Å². The standard InChI is InChI=1S/C10H15N3/c1-2-13(9-4-5-9)10-6-3-8(11)7-12-10/h3,6-7,9H,2,4-5,11H2,1H3. The minimum atomic E-state index is 0.723. The largest absolute Gasteiger partial charge is 0.397 e. The highest BCUT2D eigenvalue weighted by molar-refractivity contribution is 5.47. The van der Waals surface area contributed by atoms with Crippen LogP contribution in [0.25, 0.3) is 0 Å². The molecule has 0 amide bonds. The Morgan fingerprint density at radius 3 is 2.77 bits per heavy atom. The third-order valence-corrected chi connectivity index (χ3v) is 2.39. The SMILES string of the molecule is CCN(c1ccc(N)cn1)C1CC1. The minimum Gasteiger partial charge on any atom is -0.397 e. The highest BCUT2D eigenvalue weighted by Gasteiger charge is 2.28. The van der Waals surface area contributed by atoms with E-state index in [0.29, 0.717) is 0 Å². The van der Waals surface area contributed by atoms with Gasteiger partial charge in [-0.1, -0.05) is 0 Å². The molecule has 13 heavy (non-hydrogen) atoms. The lowest BCUT2D eigenvalue weighted by atomic mass is 10.3. The predicted octanol–water partition coefficient (Wildman–Crippen LogP) is 1.65. The first-order chi connectivity index (χ1) is 6.31. The van der Waals surface area contributed by atoms with Crippen LogP contribution in [-0.2, 0) is 0 Å². The molecular formula is C10H15N3. The fourth-order valence-corrected chi connectivity index (χ4v) is 1.56. The molecule has 1 aromatic heterocycles. The van der Waals surface area contributed by atoms with Crippen LogP contribution in [-0.4, -0.2) is 17.6 Å². The zero-order valence-electron chi connectivity index (χ0n) is 7.90.